The Balaban J connectivity index is 2.49. The fourth-order valence-electron chi connectivity index (χ4n) is 1.72. The minimum atomic E-state index is -0.380. The maximum atomic E-state index is 13.2. The van der Waals surface area contributed by atoms with Gasteiger partial charge in [0.25, 0.3) is 5.91 Å². The Morgan fingerprint density at radius 3 is 2.94 bits per heavy atom. The predicted molar refractivity (Wildman–Crippen MR) is 64.6 cm³/mol. The van der Waals surface area contributed by atoms with Crippen LogP contribution in [0, 0.1) is 12.7 Å². The normalized spacial score (nSPS) is 10.4. The maximum Gasteiger partial charge on any atom is 0.257 e. The average Bonchev–Trinajstić information content (AvgIpc) is 2.71. The molecule has 0 spiro atoms. The molecule has 0 fully saturated rings. The van der Waals surface area contributed by atoms with Crippen LogP contribution in [0.1, 0.15) is 23.0 Å². The Morgan fingerprint density at radius 2 is 2.28 bits per heavy atom. The molecule has 0 radical (unpaired) electrons. The molecular formula is C13H13FN2O2. The van der Waals surface area contributed by atoms with Crippen LogP contribution in [0.25, 0.3) is 11.3 Å². The lowest BCUT2D eigenvalue weighted by molar-refractivity contribution is 0.0955. The van der Waals surface area contributed by atoms with Gasteiger partial charge in [0, 0.05) is 12.1 Å². The Kier molecular flexibility index (Phi) is 3.41. The van der Waals surface area contributed by atoms with Crippen LogP contribution in [0.2, 0.25) is 0 Å². The topological polar surface area (TPSA) is 55.1 Å². The van der Waals surface area contributed by atoms with Gasteiger partial charge in [-0.2, -0.15) is 0 Å². The Labute approximate surface area is 104 Å². The minimum Gasteiger partial charge on any atom is -0.360 e. The summed E-state index contributed by atoms with van der Waals surface area (Å²) in [6, 6.07) is 5.90. The van der Waals surface area contributed by atoms with Crippen LogP contribution in [-0.4, -0.2) is 17.6 Å². The second kappa shape index (κ2) is 5.00. The summed E-state index contributed by atoms with van der Waals surface area (Å²) in [5.41, 5.74) is 1.23. The number of benzene rings is 1. The van der Waals surface area contributed by atoms with Gasteiger partial charge in [-0.1, -0.05) is 17.3 Å². The fourth-order valence-corrected chi connectivity index (χ4v) is 1.72. The Hall–Kier alpha value is -2.17. The van der Waals surface area contributed by atoms with E-state index in [0.717, 1.165) is 0 Å². The third kappa shape index (κ3) is 2.25. The van der Waals surface area contributed by atoms with Crippen LogP contribution in [-0.2, 0) is 0 Å². The lowest BCUT2D eigenvalue weighted by atomic mass is 10.1. The number of carbonyl (C=O) groups excluding carboxylic acids is 1. The van der Waals surface area contributed by atoms with Crippen molar-refractivity contribution in [2.45, 2.75) is 13.8 Å². The molecule has 18 heavy (non-hydrogen) atoms. The number of amides is 1. The maximum absolute atomic E-state index is 13.2. The van der Waals surface area contributed by atoms with E-state index in [9.17, 15) is 9.18 Å². The van der Waals surface area contributed by atoms with Crippen molar-refractivity contribution >= 4 is 5.91 Å². The first kappa shape index (κ1) is 12.3. The molecular weight excluding hydrogens is 235 g/mol. The van der Waals surface area contributed by atoms with Crippen molar-refractivity contribution in [3.63, 3.8) is 0 Å². The van der Waals surface area contributed by atoms with Crippen LogP contribution in [0.4, 0.5) is 4.39 Å². The van der Waals surface area contributed by atoms with Gasteiger partial charge in [0.2, 0.25) is 0 Å². The Morgan fingerprint density at radius 1 is 1.50 bits per heavy atom. The molecule has 0 aliphatic rings. The molecule has 5 heteroatoms. The standard InChI is InChI=1S/C13H13FN2O2/c1-3-15-13(17)11-8(2)18-16-12(11)9-5-4-6-10(14)7-9/h4-7H,3H2,1-2H3,(H,15,17). The molecule has 0 aliphatic heterocycles. The summed E-state index contributed by atoms with van der Waals surface area (Å²) in [6.45, 7) is 3.98. The van der Waals surface area contributed by atoms with E-state index < -0.39 is 0 Å². The quantitative estimate of drug-likeness (QED) is 0.908. The smallest absolute Gasteiger partial charge is 0.257 e. The first-order chi connectivity index (χ1) is 8.63. The summed E-state index contributed by atoms with van der Waals surface area (Å²) in [4.78, 5) is 11.9. The van der Waals surface area contributed by atoms with Gasteiger partial charge in [-0.15, -0.1) is 0 Å². The van der Waals surface area contributed by atoms with Crippen molar-refractivity contribution in [2.75, 3.05) is 6.54 Å². The number of aromatic nitrogens is 1. The lowest BCUT2D eigenvalue weighted by Gasteiger charge is -2.03. The van der Waals surface area contributed by atoms with E-state index >= 15 is 0 Å². The number of hydrogen-bond donors (Lipinski definition) is 1. The minimum absolute atomic E-state index is 0.268. The van der Waals surface area contributed by atoms with Crippen molar-refractivity contribution in [3.8, 4) is 11.3 Å². The molecule has 4 nitrogen and oxygen atoms in total. The van der Waals surface area contributed by atoms with Crippen molar-refractivity contribution in [1.29, 1.82) is 0 Å². The third-order valence-corrected chi connectivity index (χ3v) is 2.53. The van der Waals surface area contributed by atoms with Gasteiger partial charge >= 0.3 is 0 Å². The van der Waals surface area contributed by atoms with Crippen LogP contribution in [0.15, 0.2) is 28.8 Å². The molecule has 0 bridgehead atoms. The molecule has 1 N–H and O–H groups in total. The van der Waals surface area contributed by atoms with E-state index in [4.69, 9.17) is 4.52 Å². The van der Waals surface area contributed by atoms with Gasteiger partial charge in [0.05, 0.1) is 0 Å². The number of nitrogens with zero attached hydrogens (tertiary/aromatic N) is 1. The molecule has 0 aliphatic carbocycles. The van der Waals surface area contributed by atoms with Crippen molar-refractivity contribution in [2.24, 2.45) is 0 Å². The highest BCUT2D eigenvalue weighted by Crippen LogP contribution is 2.25. The van der Waals surface area contributed by atoms with Crippen LogP contribution >= 0.6 is 0 Å². The van der Waals surface area contributed by atoms with Crippen molar-refractivity contribution in [1.82, 2.24) is 10.5 Å². The number of rotatable bonds is 3. The lowest BCUT2D eigenvalue weighted by Crippen LogP contribution is -2.23. The zero-order valence-corrected chi connectivity index (χ0v) is 10.2. The molecule has 0 saturated carbocycles. The zero-order valence-electron chi connectivity index (χ0n) is 10.2. The van der Waals surface area contributed by atoms with Gasteiger partial charge in [0.1, 0.15) is 22.8 Å². The highest BCUT2D eigenvalue weighted by Gasteiger charge is 2.21. The molecule has 94 valence electrons. The molecule has 1 heterocycles. The molecule has 0 atom stereocenters. The number of aryl methyl sites for hydroxylation is 1. The van der Waals surface area contributed by atoms with Crippen LogP contribution in [0.3, 0.4) is 0 Å². The second-order valence-electron chi connectivity index (χ2n) is 3.83. The average molecular weight is 248 g/mol. The summed E-state index contributed by atoms with van der Waals surface area (Å²) in [6.07, 6.45) is 0. The summed E-state index contributed by atoms with van der Waals surface area (Å²) in [7, 11) is 0. The van der Waals surface area contributed by atoms with Crippen molar-refractivity contribution in [3.05, 3.63) is 41.4 Å². The van der Waals surface area contributed by atoms with Gasteiger partial charge in [-0.05, 0) is 26.0 Å². The molecule has 1 aromatic carbocycles. The number of halogens is 1. The Bertz CT molecular complexity index is 578. The summed E-state index contributed by atoms with van der Waals surface area (Å²) in [5, 5.41) is 6.51. The van der Waals surface area contributed by atoms with Crippen molar-refractivity contribution < 1.29 is 13.7 Å². The molecule has 0 saturated heterocycles. The summed E-state index contributed by atoms with van der Waals surface area (Å²) in [5.74, 6) is -0.231. The van der Waals surface area contributed by atoms with Gasteiger partial charge < -0.3 is 9.84 Å². The van der Waals surface area contributed by atoms with E-state index in [1.807, 2.05) is 6.92 Å². The second-order valence-corrected chi connectivity index (χ2v) is 3.83. The SMILES string of the molecule is CCNC(=O)c1c(-c2cccc(F)c2)noc1C. The largest absolute Gasteiger partial charge is 0.360 e. The zero-order chi connectivity index (χ0) is 13.1. The summed E-state index contributed by atoms with van der Waals surface area (Å²) >= 11 is 0. The highest BCUT2D eigenvalue weighted by molar-refractivity contribution is 6.00. The van der Waals surface area contributed by atoms with Crippen LogP contribution < -0.4 is 5.32 Å². The summed E-state index contributed by atoms with van der Waals surface area (Å²) < 4.78 is 18.2. The molecule has 1 aromatic heterocycles. The first-order valence-electron chi connectivity index (χ1n) is 5.64. The monoisotopic (exact) mass is 248 g/mol. The van der Waals surface area contributed by atoms with Gasteiger partial charge in [-0.3, -0.25) is 4.79 Å². The molecule has 0 unspecified atom stereocenters. The van der Waals surface area contributed by atoms with E-state index in [0.29, 0.717) is 29.1 Å². The molecule has 1 amide bonds. The van der Waals surface area contributed by atoms with Gasteiger partial charge in [0.15, 0.2) is 0 Å². The van der Waals surface area contributed by atoms with Gasteiger partial charge in [-0.25, -0.2) is 4.39 Å². The van der Waals surface area contributed by atoms with E-state index in [1.54, 1.807) is 19.1 Å². The number of nitrogens with one attached hydrogen (secondary N) is 1. The highest BCUT2D eigenvalue weighted by atomic mass is 19.1. The first-order valence-corrected chi connectivity index (χ1v) is 5.64. The molecule has 2 aromatic rings. The fraction of sp³-hybridized carbons (Fsp3) is 0.231. The van der Waals surface area contributed by atoms with E-state index in [1.165, 1.54) is 12.1 Å². The van der Waals surface area contributed by atoms with E-state index in [-0.39, 0.29) is 11.7 Å². The predicted octanol–water partition coefficient (Wildman–Crippen LogP) is 2.54. The van der Waals surface area contributed by atoms with E-state index in [2.05, 4.69) is 10.5 Å². The molecule has 2 rings (SSSR count). The van der Waals surface area contributed by atoms with Crippen LogP contribution in [0.5, 0.6) is 0 Å². The number of hydrogen-bond acceptors (Lipinski definition) is 3. The third-order valence-electron chi connectivity index (χ3n) is 2.53. The number of carbonyl (C=O) groups is 1.